The van der Waals surface area contributed by atoms with E-state index in [1.807, 2.05) is 41.5 Å². The van der Waals surface area contributed by atoms with Gasteiger partial charge in [-0.05, 0) is 12.1 Å². The van der Waals surface area contributed by atoms with Crippen molar-refractivity contribution in [2.24, 2.45) is 7.05 Å². The monoisotopic (exact) mass is 371 g/mol. The van der Waals surface area contributed by atoms with E-state index < -0.39 is 0 Å². The number of thiazole rings is 1. The van der Waals surface area contributed by atoms with Gasteiger partial charge in [0.05, 0.1) is 40.1 Å². The van der Waals surface area contributed by atoms with Crippen LogP contribution in [0.5, 0.6) is 0 Å². The summed E-state index contributed by atoms with van der Waals surface area (Å²) in [5, 5.41) is 11.2. The second kappa shape index (κ2) is 5.31. The quantitative estimate of drug-likeness (QED) is 0.559. The summed E-state index contributed by atoms with van der Waals surface area (Å²) in [6, 6.07) is 5.77. The molecule has 0 fully saturated rings. The molecule has 1 N–H and O–H groups in total. The average Bonchev–Trinajstić information content (AvgIpc) is 3.22. The molecule has 0 unspecified atom stereocenters. The van der Waals surface area contributed by atoms with Crippen LogP contribution in [0.4, 0.5) is 0 Å². The van der Waals surface area contributed by atoms with E-state index in [1.54, 1.807) is 11.3 Å². The Labute approximate surface area is 152 Å². The number of benzene rings is 1. The first-order valence-electron chi connectivity index (χ1n) is 7.95. The molecule has 1 aliphatic heterocycles. The smallest absolute Gasteiger partial charge is 0.221 e. The van der Waals surface area contributed by atoms with Crippen LogP contribution in [0, 0.1) is 0 Å². The third-order valence-corrected chi connectivity index (χ3v) is 5.80. The summed E-state index contributed by atoms with van der Waals surface area (Å²) in [4.78, 5) is 17.9. The molecule has 0 saturated carbocycles. The summed E-state index contributed by atoms with van der Waals surface area (Å²) in [5.41, 5.74) is 3.71. The number of hydrogen-bond donors (Lipinski definition) is 1. The van der Waals surface area contributed by atoms with Crippen LogP contribution in [0.25, 0.3) is 15.9 Å². The van der Waals surface area contributed by atoms with Crippen molar-refractivity contribution >= 4 is 44.7 Å². The van der Waals surface area contributed by atoms with Crippen molar-refractivity contribution in [1.82, 2.24) is 24.5 Å². The fourth-order valence-corrected chi connectivity index (χ4v) is 4.66. The largest absolute Gasteiger partial charge is 0.350 e. The van der Waals surface area contributed by atoms with Gasteiger partial charge < -0.3 is 5.32 Å². The lowest BCUT2D eigenvalue weighted by molar-refractivity contribution is -0.121. The van der Waals surface area contributed by atoms with E-state index in [0.29, 0.717) is 18.0 Å². The van der Waals surface area contributed by atoms with Gasteiger partial charge in [0, 0.05) is 30.4 Å². The van der Waals surface area contributed by atoms with Gasteiger partial charge in [0.25, 0.3) is 0 Å². The molecule has 1 amide bonds. The Morgan fingerprint density at radius 1 is 1.40 bits per heavy atom. The van der Waals surface area contributed by atoms with E-state index in [1.165, 1.54) is 0 Å². The lowest BCUT2D eigenvalue weighted by atomic mass is 9.94. The maximum atomic E-state index is 12.3. The van der Waals surface area contributed by atoms with Gasteiger partial charge in [0.15, 0.2) is 4.96 Å². The zero-order chi connectivity index (χ0) is 17.1. The van der Waals surface area contributed by atoms with E-state index >= 15 is 0 Å². The predicted molar refractivity (Wildman–Crippen MR) is 97.1 cm³/mol. The third kappa shape index (κ3) is 2.12. The number of nitrogens with zero attached hydrogens (tertiary/aromatic N) is 4. The van der Waals surface area contributed by atoms with Crippen molar-refractivity contribution in [1.29, 1.82) is 0 Å². The Bertz CT molecular complexity index is 1140. The molecule has 1 aromatic carbocycles. The number of carbonyl (C=O) groups excluding carboxylic acids is 1. The number of fused-ring (bicyclic) bond motifs is 4. The summed E-state index contributed by atoms with van der Waals surface area (Å²) in [6.45, 7) is 0.442. The molecule has 0 aliphatic carbocycles. The van der Waals surface area contributed by atoms with E-state index in [-0.39, 0.29) is 11.8 Å². The van der Waals surface area contributed by atoms with E-state index in [4.69, 9.17) is 21.7 Å². The molecule has 0 radical (unpaired) electrons. The van der Waals surface area contributed by atoms with Gasteiger partial charge in [0.1, 0.15) is 0 Å². The van der Waals surface area contributed by atoms with Crippen LogP contribution in [0.1, 0.15) is 29.4 Å². The minimum atomic E-state index is -0.189. The molecule has 4 aromatic rings. The molecule has 5 rings (SSSR count). The molecule has 0 saturated heterocycles. The number of amides is 1. The second-order valence-electron chi connectivity index (χ2n) is 6.18. The fourth-order valence-electron chi connectivity index (χ4n) is 3.66. The maximum absolute atomic E-state index is 12.3. The predicted octanol–water partition coefficient (Wildman–Crippen LogP) is 3.09. The zero-order valence-electron chi connectivity index (χ0n) is 13.4. The molecule has 25 heavy (non-hydrogen) atoms. The van der Waals surface area contributed by atoms with Crippen LogP contribution in [-0.4, -0.2) is 25.1 Å². The lowest BCUT2D eigenvalue weighted by Gasteiger charge is -2.13. The van der Waals surface area contributed by atoms with Crippen LogP contribution in [0.3, 0.4) is 0 Å². The van der Waals surface area contributed by atoms with Gasteiger partial charge >= 0.3 is 0 Å². The number of nitrogens with one attached hydrogen (secondary N) is 1. The lowest BCUT2D eigenvalue weighted by Crippen LogP contribution is -2.21. The third-order valence-electron chi connectivity index (χ3n) is 4.73. The van der Waals surface area contributed by atoms with Crippen molar-refractivity contribution in [3.05, 3.63) is 51.9 Å². The number of aromatic nitrogens is 4. The highest BCUT2D eigenvalue weighted by Gasteiger charge is 2.32. The van der Waals surface area contributed by atoms with Crippen molar-refractivity contribution < 1.29 is 4.79 Å². The van der Waals surface area contributed by atoms with Crippen molar-refractivity contribution in [3.63, 3.8) is 0 Å². The van der Waals surface area contributed by atoms with Crippen LogP contribution in [-0.2, 0) is 18.4 Å². The molecule has 126 valence electrons. The van der Waals surface area contributed by atoms with Gasteiger partial charge in [-0.2, -0.15) is 5.10 Å². The fraction of sp³-hybridized carbons (Fsp3) is 0.235. The maximum Gasteiger partial charge on any atom is 0.221 e. The molecule has 0 spiro atoms. The van der Waals surface area contributed by atoms with Crippen molar-refractivity contribution in [3.8, 4) is 0 Å². The molecule has 1 atom stereocenters. The van der Waals surface area contributed by atoms with Gasteiger partial charge in [-0.15, -0.1) is 11.3 Å². The number of halogens is 1. The van der Waals surface area contributed by atoms with Crippen LogP contribution >= 0.6 is 22.9 Å². The second-order valence-corrected chi connectivity index (χ2v) is 7.46. The Balaban J connectivity index is 1.83. The summed E-state index contributed by atoms with van der Waals surface area (Å²) in [7, 11) is 1.90. The highest BCUT2D eigenvalue weighted by atomic mass is 35.5. The highest BCUT2D eigenvalue weighted by molar-refractivity contribution is 7.15. The topological polar surface area (TPSA) is 64.2 Å². The number of rotatable bonds is 1. The SMILES string of the molecule is Cn1nc([C@@H]2CC(=O)NCc3nc4sccn4c32)c2c(Cl)cccc21. The minimum Gasteiger partial charge on any atom is -0.350 e. The van der Waals surface area contributed by atoms with Gasteiger partial charge in [-0.3, -0.25) is 13.9 Å². The van der Waals surface area contributed by atoms with Crippen LogP contribution in [0.15, 0.2) is 29.8 Å². The molecule has 1 aliphatic rings. The number of hydrogen-bond acceptors (Lipinski definition) is 4. The van der Waals surface area contributed by atoms with E-state index in [0.717, 1.165) is 32.9 Å². The Morgan fingerprint density at radius 2 is 2.28 bits per heavy atom. The van der Waals surface area contributed by atoms with Crippen molar-refractivity contribution in [2.75, 3.05) is 0 Å². The van der Waals surface area contributed by atoms with Crippen LogP contribution < -0.4 is 5.32 Å². The Hall–Kier alpha value is -2.38. The molecule has 8 heteroatoms. The summed E-state index contributed by atoms with van der Waals surface area (Å²) in [6.07, 6.45) is 2.33. The van der Waals surface area contributed by atoms with Gasteiger partial charge in [-0.25, -0.2) is 4.98 Å². The van der Waals surface area contributed by atoms with E-state index in [9.17, 15) is 4.79 Å². The molecule has 4 heterocycles. The average molecular weight is 372 g/mol. The van der Waals surface area contributed by atoms with E-state index in [2.05, 4.69) is 9.72 Å². The van der Waals surface area contributed by atoms with Crippen molar-refractivity contribution in [2.45, 2.75) is 18.9 Å². The standard InChI is InChI=1S/C17H14ClN5OS/c1-22-12-4-2-3-10(18)14(12)15(21-22)9-7-13(24)19-8-11-16(9)23-5-6-25-17(23)20-11/h2-6,9H,7-8H2,1H3,(H,19,24)/t9-/m0/s1. The Morgan fingerprint density at radius 3 is 3.16 bits per heavy atom. The van der Waals surface area contributed by atoms with Gasteiger partial charge in [-0.1, -0.05) is 17.7 Å². The number of aryl methyl sites for hydroxylation is 1. The first-order valence-corrected chi connectivity index (χ1v) is 9.21. The first-order chi connectivity index (χ1) is 12.1. The summed E-state index contributed by atoms with van der Waals surface area (Å²) >= 11 is 8.08. The normalized spacial score (nSPS) is 17.7. The molecular weight excluding hydrogens is 358 g/mol. The Kier molecular flexibility index (Phi) is 3.17. The molecule has 0 bridgehead atoms. The van der Waals surface area contributed by atoms with Crippen LogP contribution in [0.2, 0.25) is 5.02 Å². The number of carbonyl (C=O) groups is 1. The van der Waals surface area contributed by atoms with Gasteiger partial charge in [0.2, 0.25) is 5.91 Å². The zero-order valence-corrected chi connectivity index (χ0v) is 14.9. The summed E-state index contributed by atoms with van der Waals surface area (Å²) in [5.74, 6) is -0.191. The minimum absolute atomic E-state index is 0.00200. The first kappa shape index (κ1) is 14.9. The number of imidazole rings is 1. The summed E-state index contributed by atoms with van der Waals surface area (Å²) < 4.78 is 3.90. The molecule has 6 nitrogen and oxygen atoms in total. The molecule has 3 aromatic heterocycles. The molecular formula is C17H14ClN5OS. The highest BCUT2D eigenvalue weighted by Crippen LogP contribution is 2.38.